The number of rotatable bonds is 2. The maximum absolute atomic E-state index is 12.5. The standard InChI is InChI=1S/C20H15BrN2O/c1-2-12-10-14(21)11-16-18(12)23-20(24)19(16)22-17-9-5-7-13-6-3-4-8-15(13)17/h3-11H,2H2,1H3,(H,22,23,24). The fourth-order valence-electron chi connectivity index (χ4n) is 3.11. The molecule has 1 aliphatic rings. The minimum absolute atomic E-state index is 0.147. The zero-order valence-corrected chi connectivity index (χ0v) is 14.7. The summed E-state index contributed by atoms with van der Waals surface area (Å²) in [6.07, 6.45) is 0.851. The number of carbonyl (C=O) groups excluding carboxylic acids is 1. The summed E-state index contributed by atoms with van der Waals surface area (Å²) in [5.74, 6) is -0.147. The van der Waals surface area contributed by atoms with Crippen LogP contribution in [-0.4, -0.2) is 11.6 Å². The minimum Gasteiger partial charge on any atom is -0.320 e. The average molecular weight is 379 g/mol. The number of halogens is 1. The molecule has 0 fully saturated rings. The molecule has 0 unspecified atom stereocenters. The van der Waals surface area contributed by atoms with Crippen molar-refractivity contribution in [2.24, 2.45) is 4.99 Å². The first-order valence-electron chi connectivity index (χ1n) is 7.88. The number of benzene rings is 3. The van der Waals surface area contributed by atoms with E-state index >= 15 is 0 Å². The number of hydrogen-bond acceptors (Lipinski definition) is 2. The molecule has 4 rings (SSSR count). The Labute approximate surface area is 148 Å². The summed E-state index contributed by atoms with van der Waals surface area (Å²) in [6, 6.07) is 18.0. The van der Waals surface area contributed by atoms with Crippen LogP contribution in [0.2, 0.25) is 0 Å². The molecule has 0 atom stereocenters. The molecule has 3 nitrogen and oxygen atoms in total. The summed E-state index contributed by atoms with van der Waals surface area (Å²) in [5.41, 5.74) is 4.13. The maximum Gasteiger partial charge on any atom is 0.275 e. The van der Waals surface area contributed by atoms with Crippen LogP contribution in [0.15, 0.2) is 64.1 Å². The number of nitrogens with zero attached hydrogens (tertiary/aromatic N) is 1. The molecule has 0 saturated heterocycles. The van der Waals surface area contributed by atoms with Crippen molar-refractivity contribution >= 4 is 49.7 Å². The normalized spacial score (nSPS) is 14.9. The lowest BCUT2D eigenvalue weighted by Crippen LogP contribution is -2.14. The molecule has 0 radical (unpaired) electrons. The van der Waals surface area contributed by atoms with Gasteiger partial charge >= 0.3 is 0 Å². The zero-order chi connectivity index (χ0) is 16.7. The predicted octanol–water partition coefficient (Wildman–Crippen LogP) is 5.24. The monoisotopic (exact) mass is 378 g/mol. The molecule has 118 valence electrons. The third kappa shape index (κ3) is 2.43. The zero-order valence-electron chi connectivity index (χ0n) is 13.1. The number of aliphatic imine (C=N–C) groups is 1. The summed E-state index contributed by atoms with van der Waals surface area (Å²) in [6.45, 7) is 2.08. The van der Waals surface area contributed by atoms with E-state index in [0.29, 0.717) is 5.71 Å². The third-order valence-corrected chi connectivity index (χ3v) is 4.73. The van der Waals surface area contributed by atoms with Crippen molar-refractivity contribution in [3.63, 3.8) is 0 Å². The van der Waals surface area contributed by atoms with Gasteiger partial charge in [0.05, 0.1) is 11.4 Å². The molecule has 3 aromatic carbocycles. The van der Waals surface area contributed by atoms with Crippen LogP contribution in [0.1, 0.15) is 18.1 Å². The molecular weight excluding hydrogens is 364 g/mol. The molecule has 0 spiro atoms. The molecule has 24 heavy (non-hydrogen) atoms. The van der Waals surface area contributed by atoms with Gasteiger partial charge in [-0.25, -0.2) is 4.99 Å². The van der Waals surface area contributed by atoms with Gasteiger partial charge in [-0.1, -0.05) is 59.3 Å². The lowest BCUT2D eigenvalue weighted by Gasteiger charge is -2.06. The molecule has 1 aliphatic heterocycles. The van der Waals surface area contributed by atoms with Crippen LogP contribution in [0.25, 0.3) is 10.8 Å². The molecule has 1 heterocycles. The van der Waals surface area contributed by atoms with Crippen molar-refractivity contribution in [2.75, 3.05) is 5.32 Å². The molecular formula is C20H15BrN2O. The lowest BCUT2D eigenvalue weighted by molar-refractivity contribution is -0.110. The van der Waals surface area contributed by atoms with Crippen molar-refractivity contribution in [1.29, 1.82) is 0 Å². The number of anilines is 1. The quantitative estimate of drug-likeness (QED) is 0.650. The van der Waals surface area contributed by atoms with Crippen LogP contribution in [-0.2, 0) is 11.2 Å². The molecule has 0 aliphatic carbocycles. The molecule has 1 N–H and O–H groups in total. The van der Waals surface area contributed by atoms with Crippen LogP contribution >= 0.6 is 15.9 Å². The largest absolute Gasteiger partial charge is 0.320 e. The van der Waals surface area contributed by atoms with Gasteiger partial charge in [0, 0.05) is 15.4 Å². The van der Waals surface area contributed by atoms with Crippen molar-refractivity contribution in [1.82, 2.24) is 0 Å². The van der Waals surface area contributed by atoms with Crippen LogP contribution < -0.4 is 5.32 Å². The van der Waals surface area contributed by atoms with E-state index in [4.69, 9.17) is 4.99 Å². The SMILES string of the molecule is CCc1cc(Br)cc2c1NC(=O)C2=Nc1cccc2ccccc12. The van der Waals surface area contributed by atoms with E-state index in [-0.39, 0.29) is 5.91 Å². The van der Waals surface area contributed by atoms with Gasteiger partial charge in [-0.15, -0.1) is 0 Å². The Balaban J connectivity index is 1.93. The molecule has 1 amide bonds. The van der Waals surface area contributed by atoms with E-state index in [9.17, 15) is 4.79 Å². The van der Waals surface area contributed by atoms with Crippen LogP contribution in [0, 0.1) is 0 Å². The first-order chi connectivity index (χ1) is 11.7. The average Bonchev–Trinajstić information content (AvgIpc) is 2.90. The van der Waals surface area contributed by atoms with Crippen LogP contribution in [0.3, 0.4) is 0 Å². The molecule has 0 bridgehead atoms. The summed E-state index contributed by atoms with van der Waals surface area (Å²) in [4.78, 5) is 17.2. The Kier molecular flexibility index (Phi) is 3.69. The number of fused-ring (bicyclic) bond motifs is 2. The highest BCUT2D eigenvalue weighted by Crippen LogP contribution is 2.34. The summed E-state index contributed by atoms with van der Waals surface area (Å²) in [7, 11) is 0. The van der Waals surface area contributed by atoms with Gasteiger partial charge in [0.1, 0.15) is 5.71 Å². The van der Waals surface area contributed by atoms with Gasteiger partial charge in [-0.3, -0.25) is 4.79 Å². The van der Waals surface area contributed by atoms with E-state index in [1.165, 1.54) is 0 Å². The highest BCUT2D eigenvalue weighted by Gasteiger charge is 2.28. The Morgan fingerprint density at radius 2 is 1.88 bits per heavy atom. The van der Waals surface area contributed by atoms with Gasteiger partial charge < -0.3 is 5.32 Å². The number of aryl methyl sites for hydroxylation is 1. The predicted molar refractivity (Wildman–Crippen MR) is 102 cm³/mol. The first kappa shape index (κ1) is 15.1. The molecule has 0 aromatic heterocycles. The highest BCUT2D eigenvalue weighted by atomic mass is 79.9. The van der Waals surface area contributed by atoms with Crippen LogP contribution in [0.5, 0.6) is 0 Å². The van der Waals surface area contributed by atoms with Crippen LogP contribution in [0.4, 0.5) is 11.4 Å². The number of hydrogen-bond donors (Lipinski definition) is 1. The Morgan fingerprint density at radius 3 is 2.71 bits per heavy atom. The van der Waals surface area contributed by atoms with Gasteiger partial charge in [-0.2, -0.15) is 0 Å². The Bertz CT molecular complexity index is 1000. The topological polar surface area (TPSA) is 41.5 Å². The number of nitrogens with one attached hydrogen (secondary N) is 1. The van der Waals surface area contributed by atoms with Crippen molar-refractivity contribution in [3.05, 3.63) is 70.2 Å². The molecule has 0 saturated carbocycles. The van der Waals surface area contributed by atoms with Gasteiger partial charge in [0.2, 0.25) is 0 Å². The van der Waals surface area contributed by atoms with E-state index in [1.807, 2.05) is 54.6 Å². The summed E-state index contributed by atoms with van der Waals surface area (Å²) < 4.78 is 0.959. The number of carbonyl (C=O) groups is 1. The van der Waals surface area contributed by atoms with E-state index in [1.54, 1.807) is 0 Å². The number of amides is 1. The Hall–Kier alpha value is -2.46. The van der Waals surface area contributed by atoms with E-state index in [2.05, 4.69) is 28.2 Å². The maximum atomic E-state index is 12.5. The van der Waals surface area contributed by atoms with E-state index in [0.717, 1.165) is 44.2 Å². The second-order valence-electron chi connectivity index (χ2n) is 5.75. The molecule has 4 heteroatoms. The Morgan fingerprint density at radius 1 is 1.08 bits per heavy atom. The first-order valence-corrected chi connectivity index (χ1v) is 8.67. The van der Waals surface area contributed by atoms with E-state index < -0.39 is 0 Å². The molecule has 3 aromatic rings. The smallest absolute Gasteiger partial charge is 0.275 e. The van der Waals surface area contributed by atoms with Crippen molar-refractivity contribution in [2.45, 2.75) is 13.3 Å². The summed E-state index contributed by atoms with van der Waals surface area (Å²) >= 11 is 3.54. The minimum atomic E-state index is -0.147. The van der Waals surface area contributed by atoms with Gasteiger partial charge in [-0.05, 0) is 35.6 Å². The van der Waals surface area contributed by atoms with Crippen molar-refractivity contribution < 1.29 is 4.79 Å². The van der Waals surface area contributed by atoms with Gasteiger partial charge in [0.15, 0.2) is 0 Å². The fourth-order valence-corrected chi connectivity index (χ4v) is 3.61. The third-order valence-electron chi connectivity index (χ3n) is 4.27. The van der Waals surface area contributed by atoms with Gasteiger partial charge in [0.25, 0.3) is 5.91 Å². The highest BCUT2D eigenvalue weighted by molar-refractivity contribution is 9.10. The van der Waals surface area contributed by atoms with Crippen molar-refractivity contribution in [3.8, 4) is 0 Å². The second kappa shape index (κ2) is 5.87. The second-order valence-corrected chi connectivity index (χ2v) is 6.67. The summed E-state index contributed by atoms with van der Waals surface area (Å²) in [5, 5.41) is 5.13. The lowest BCUT2D eigenvalue weighted by atomic mass is 10.0. The fraction of sp³-hybridized carbons (Fsp3) is 0.100.